The van der Waals surface area contributed by atoms with Gasteiger partial charge in [0, 0.05) is 12.0 Å². The molecule has 74 valence electrons. The Bertz CT molecular complexity index is 358. The maximum atomic E-state index is 11.2. The Morgan fingerprint density at radius 1 is 1.50 bits per heavy atom. The second-order valence-corrected chi connectivity index (χ2v) is 3.06. The number of carbonyl (C=O) groups is 2. The van der Waals surface area contributed by atoms with E-state index in [4.69, 9.17) is 0 Å². The summed E-state index contributed by atoms with van der Waals surface area (Å²) in [6, 6.07) is 5.34. The Morgan fingerprint density at radius 3 is 2.79 bits per heavy atom. The van der Waals surface area contributed by atoms with Crippen LogP contribution in [0.5, 0.6) is 0 Å². The van der Waals surface area contributed by atoms with Gasteiger partial charge < -0.3 is 5.32 Å². The first kappa shape index (κ1) is 10.4. The van der Waals surface area contributed by atoms with Crippen LogP contribution in [0.25, 0.3) is 0 Å². The summed E-state index contributed by atoms with van der Waals surface area (Å²) in [5, 5.41) is 2.71. The van der Waals surface area contributed by atoms with Crippen molar-refractivity contribution in [3.05, 3.63) is 29.3 Å². The number of anilines is 1. The van der Waals surface area contributed by atoms with Gasteiger partial charge in [0.25, 0.3) is 0 Å². The molecule has 14 heavy (non-hydrogen) atoms. The van der Waals surface area contributed by atoms with Crippen LogP contribution in [0.3, 0.4) is 0 Å². The predicted molar refractivity (Wildman–Crippen MR) is 55.5 cm³/mol. The Hall–Kier alpha value is -1.64. The molecule has 0 fully saturated rings. The largest absolute Gasteiger partial charge is 0.325 e. The van der Waals surface area contributed by atoms with Crippen LogP contribution < -0.4 is 5.32 Å². The second-order valence-electron chi connectivity index (χ2n) is 3.06. The highest BCUT2D eigenvalue weighted by Gasteiger charge is 2.06. The van der Waals surface area contributed by atoms with Crippen LogP contribution in [-0.4, -0.2) is 12.2 Å². The van der Waals surface area contributed by atoms with E-state index in [1.165, 1.54) is 0 Å². The lowest BCUT2D eigenvalue weighted by atomic mass is 10.1. The van der Waals surface area contributed by atoms with Crippen molar-refractivity contribution >= 4 is 17.9 Å². The van der Waals surface area contributed by atoms with Crippen LogP contribution in [0.1, 0.15) is 29.3 Å². The second kappa shape index (κ2) is 4.56. The number of para-hydroxylation sites is 1. The Labute approximate surface area is 83.1 Å². The van der Waals surface area contributed by atoms with Crippen LogP contribution in [0.15, 0.2) is 18.2 Å². The zero-order valence-corrected chi connectivity index (χ0v) is 8.33. The van der Waals surface area contributed by atoms with E-state index in [1.807, 2.05) is 13.0 Å². The molecule has 1 aromatic carbocycles. The van der Waals surface area contributed by atoms with Gasteiger partial charge >= 0.3 is 0 Å². The average Bonchev–Trinajstić information content (AvgIpc) is 2.20. The Balaban J connectivity index is 3.04. The molecule has 0 saturated carbocycles. The maximum Gasteiger partial charge on any atom is 0.224 e. The third kappa shape index (κ3) is 2.19. The normalized spacial score (nSPS) is 9.57. The number of aryl methyl sites for hydroxylation is 1. The van der Waals surface area contributed by atoms with Gasteiger partial charge in [0.05, 0.1) is 5.69 Å². The topological polar surface area (TPSA) is 46.2 Å². The molecule has 3 heteroatoms. The van der Waals surface area contributed by atoms with Crippen LogP contribution in [-0.2, 0) is 4.79 Å². The number of hydrogen-bond acceptors (Lipinski definition) is 2. The third-order valence-corrected chi connectivity index (χ3v) is 2.02. The lowest BCUT2D eigenvalue weighted by Gasteiger charge is -2.09. The van der Waals surface area contributed by atoms with Gasteiger partial charge in [-0.3, -0.25) is 9.59 Å². The summed E-state index contributed by atoms with van der Waals surface area (Å²) >= 11 is 0. The highest BCUT2D eigenvalue weighted by molar-refractivity contribution is 5.97. The fourth-order valence-corrected chi connectivity index (χ4v) is 1.19. The summed E-state index contributed by atoms with van der Waals surface area (Å²) in [6.07, 6.45) is 1.16. The van der Waals surface area contributed by atoms with Crippen molar-refractivity contribution in [2.45, 2.75) is 20.3 Å². The van der Waals surface area contributed by atoms with E-state index in [1.54, 1.807) is 19.1 Å². The number of amides is 1. The minimum absolute atomic E-state index is 0.0811. The summed E-state index contributed by atoms with van der Waals surface area (Å²) in [7, 11) is 0. The first-order valence-electron chi connectivity index (χ1n) is 4.53. The SMILES string of the molecule is CCC(=O)Nc1c(C)cccc1C=O. The van der Waals surface area contributed by atoms with Crippen molar-refractivity contribution in [3.63, 3.8) is 0 Å². The summed E-state index contributed by atoms with van der Waals surface area (Å²) in [5.41, 5.74) is 2.04. The number of carbonyl (C=O) groups excluding carboxylic acids is 2. The molecule has 0 aliphatic heterocycles. The van der Waals surface area contributed by atoms with Gasteiger partial charge in [0.15, 0.2) is 6.29 Å². The van der Waals surface area contributed by atoms with E-state index in [-0.39, 0.29) is 5.91 Å². The average molecular weight is 191 g/mol. The van der Waals surface area contributed by atoms with Crippen molar-refractivity contribution in [3.8, 4) is 0 Å². The fraction of sp³-hybridized carbons (Fsp3) is 0.273. The van der Waals surface area contributed by atoms with Gasteiger partial charge in [-0.25, -0.2) is 0 Å². The van der Waals surface area contributed by atoms with Gasteiger partial charge in [-0.2, -0.15) is 0 Å². The highest BCUT2D eigenvalue weighted by atomic mass is 16.1. The molecule has 0 atom stereocenters. The Kier molecular flexibility index (Phi) is 3.40. The van der Waals surface area contributed by atoms with Crippen molar-refractivity contribution in [1.29, 1.82) is 0 Å². The van der Waals surface area contributed by atoms with E-state index >= 15 is 0 Å². The zero-order chi connectivity index (χ0) is 10.6. The molecule has 0 bridgehead atoms. The number of rotatable bonds is 3. The molecule has 1 N–H and O–H groups in total. The fourth-order valence-electron chi connectivity index (χ4n) is 1.19. The van der Waals surface area contributed by atoms with Crippen LogP contribution in [0.2, 0.25) is 0 Å². The summed E-state index contributed by atoms with van der Waals surface area (Å²) < 4.78 is 0. The summed E-state index contributed by atoms with van der Waals surface area (Å²) in [6.45, 7) is 3.63. The predicted octanol–water partition coefficient (Wildman–Crippen LogP) is 2.16. The van der Waals surface area contributed by atoms with Crippen LogP contribution >= 0.6 is 0 Å². The summed E-state index contributed by atoms with van der Waals surface area (Å²) in [4.78, 5) is 21.9. The molecule has 0 aliphatic carbocycles. The number of benzene rings is 1. The first-order valence-corrected chi connectivity index (χ1v) is 4.53. The molecule has 0 heterocycles. The van der Waals surface area contributed by atoms with E-state index < -0.39 is 0 Å². The number of nitrogens with one attached hydrogen (secondary N) is 1. The minimum atomic E-state index is -0.0811. The van der Waals surface area contributed by atoms with Crippen molar-refractivity contribution in [2.24, 2.45) is 0 Å². The van der Waals surface area contributed by atoms with E-state index in [0.29, 0.717) is 17.7 Å². The quantitative estimate of drug-likeness (QED) is 0.744. The smallest absolute Gasteiger partial charge is 0.224 e. The molecule has 0 aliphatic rings. The van der Waals surface area contributed by atoms with Crippen molar-refractivity contribution in [1.82, 2.24) is 0 Å². The first-order chi connectivity index (χ1) is 6.69. The van der Waals surface area contributed by atoms with Gasteiger partial charge in [0.1, 0.15) is 0 Å². The molecule has 1 amide bonds. The molecule has 0 unspecified atom stereocenters. The number of hydrogen-bond donors (Lipinski definition) is 1. The minimum Gasteiger partial charge on any atom is -0.325 e. The maximum absolute atomic E-state index is 11.2. The Morgan fingerprint density at radius 2 is 2.21 bits per heavy atom. The lowest BCUT2D eigenvalue weighted by molar-refractivity contribution is -0.115. The molecule has 1 rings (SSSR count). The monoisotopic (exact) mass is 191 g/mol. The van der Waals surface area contributed by atoms with Gasteiger partial charge in [-0.1, -0.05) is 19.1 Å². The number of aldehydes is 1. The third-order valence-electron chi connectivity index (χ3n) is 2.02. The summed E-state index contributed by atoms with van der Waals surface area (Å²) in [5.74, 6) is -0.0811. The molecule has 3 nitrogen and oxygen atoms in total. The van der Waals surface area contributed by atoms with E-state index in [9.17, 15) is 9.59 Å². The molecule has 0 aromatic heterocycles. The molecule has 0 radical (unpaired) electrons. The van der Waals surface area contributed by atoms with Crippen LogP contribution in [0.4, 0.5) is 5.69 Å². The lowest BCUT2D eigenvalue weighted by Crippen LogP contribution is -2.12. The van der Waals surface area contributed by atoms with Crippen molar-refractivity contribution in [2.75, 3.05) is 5.32 Å². The highest BCUT2D eigenvalue weighted by Crippen LogP contribution is 2.18. The van der Waals surface area contributed by atoms with E-state index in [2.05, 4.69) is 5.32 Å². The van der Waals surface area contributed by atoms with Gasteiger partial charge in [0.2, 0.25) is 5.91 Å². The van der Waals surface area contributed by atoms with Gasteiger partial charge in [-0.05, 0) is 18.6 Å². The standard InChI is InChI=1S/C11H13NO2/c1-3-10(14)12-11-8(2)5-4-6-9(11)7-13/h4-7H,3H2,1-2H3,(H,12,14). The molecular formula is C11H13NO2. The molecular weight excluding hydrogens is 178 g/mol. The zero-order valence-electron chi connectivity index (χ0n) is 8.33. The van der Waals surface area contributed by atoms with E-state index in [0.717, 1.165) is 11.8 Å². The van der Waals surface area contributed by atoms with Crippen molar-refractivity contribution < 1.29 is 9.59 Å². The molecule has 1 aromatic rings. The van der Waals surface area contributed by atoms with Crippen LogP contribution in [0, 0.1) is 6.92 Å². The molecule has 0 saturated heterocycles. The van der Waals surface area contributed by atoms with Gasteiger partial charge in [-0.15, -0.1) is 0 Å². The molecule has 0 spiro atoms.